The fourth-order valence-corrected chi connectivity index (χ4v) is 2.93. The fraction of sp³-hybridized carbons (Fsp3) is 0.444. The molecule has 0 aliphatic heterocycles. The first-order valence-electron chi connectivity index (χ1n) is 4.80. The minimum absolute atomic E-state index is 0.0207. The number of hydrogen-bond acceptors (Lipinski definition) is 5. The van der Waals surface area contributed by atoms with Crippen LogP contribution in [0.3, 0.4) is 0 Å². The number of nitrogens with one attached hydrogen (secondary N) is 1. The van der Waals surface area contributed by atoms with Gasteiger partial charge in [0, 0.05) is 18.5 Å². The van der Waals surface area contributed by atoms with Gasteiger partial charge >= 0.3 is 0 Å². The summed E-state index contributed by atoms with van der Waals surface area (Å²) in [5, 5.41) is 7.62. The molecule has 1 aromatic rings. The summed E-state index contributed by atoms with van der Waals surface area (Å²) in [4.78, 5) is 11.9. The Labute approximate surface area is 104 Å². The molecule has 0 radical (unpaired) electrons. The second-order valence-electron chi connectivity index (χ2n) is 3.30. The number of carbonyl (C=O) groups excluding carboxylic acids is 1. The van der Waals surface area contributed by atoms with Gasteiger partial charge in [0.15, 0.2) is 0 Å². The fourth-order valence-electron chi connectivity index (χ4n) is 1.15. The number of primary sulfonamides is 1. The molecule has 0 fully saturated rings. The molecule has 96 valence electrons. The largest absolute Gasteiger partial charge is 0.375 e. The average Bonchev–Trinajstić information content (AvgIpc) is 2.66. The number of carbonyl (C=O) groups is 1. The van der Waals surface area contributed by atoms with Crippen LogP contribution in [0.15, 0.2) is 16.3 Å². The van der Waals surface area contributed by atoms with Gasteiger partial charge in [-0.2, -0.15) is 0 Å². The second-order valence-corrected chi connectivity index (χ2v) is 6.26. The Bertz CT molecular complexity index is 481. The molecule has 1 rings (SSSR count). The highest BCUT2D eigenvalue weighted by Gasteiger charge is 2.11. The van der Waals surface area contributed by atoms with Crippen molar-refractivity contribution in [2.24, 2.45) is 5.14 Å². The molecule has 8 heteroatoms. The molecule has 0 atom stereocenters. The lowest BCUT2D eigenvalue weighted by Crippen LogP contribution is -2.28. The molecule has 6 nitrogen and oxygen atoms in total. The van der Waals surface area contributed by atoms with Crippen LogP contribution in [0.25, 0.3) is 0 Å². The van der Waals surface area contributed by atoms with Crippen molar-refractivity contribution in [3.8, 4) is 0 Å². The predicted molar refractivity (Wildman–Crippen MR) is 64.3 cm³/mol. The van der Waals surface area contributed by atoms with Crippen molar-refractivity contribution in [2.75, 3.05) is 20.3 Å². The standard InChI is InChI=1S/C9H14N2O4S2/c1-15-6-8(12)11-5-4-7-2-3-9(16-7)17(10,13)14/h2-3H,4-6H2,1H3,(H,11,12)(H2,10,13,14). The molecule has 17 heavy (non-hydrogen) atoms. The van der Waals surface area contributed by atoms with E-state index in [4.69, 9.17) is 5.14 Å². The Hall–Kier alpha value is -0.960. The normalized spacial score (nSPS) is 11.4. The van der Waals surface area contributed by atoms with Gasteiger partial charge in [-0.15, -0.1) is 11.3 Å². The molecule has 3 N–H and O–H groups in total. The molecule has 0 bridgehead atoms. The molecule has 1 heterocycles. The number of sulfonamides is 1. The number of rotatable bonds is 6. The molecule has 0 spiro atoms. The van der Waals surface area contributed by atoms with E-state index in [9.17, 15) is 13.2 Å². The van der Waals surface area contributed by atoms with Crippen molar-refractivity contribution in [2.45, 2.75) is 10.6 Å². The van der Waals surface area contributed by atoms with Gasteiger partial charge in [-0.25, -0.2) is 13.6 Å². The van der Waals surface area contributed by atoms with E-state index in [0.29, 0.717) is 13.0 Å². The monoisotopic (exact) mass is 278 g/mol. The van der Waals surface area contributed by atoms with E-state index in [2.05, 4.69) is 10.1 Å². The lowest BCUT2D eigenvalue weighted by atomic mass is 10.3. The van der Waals surface area contributed by atoms with Gasteiger partial charge in [0.1, 0.15) is 10.8 Å². The second kappa shape index (κ2) is 6.10. The summed E-state index contributed by atoms with van der Waals surface area (Å²) in [5.41, 5.74) is 0. The van der Waals surface area contributed by atoms with Crippen LogP contribution in [-0.2, 0) is 26.0 Å². The Morgan fingerprint density at radius 1 is 1.53 bits per heavy atom. The zero-order valence-corrected chi connectivity index (χ0v) is 10.9. The highest BCUT2D eigenvalue weighted by Crippen LogP contribution is 2.20. The summed E-state index contributed by atoms with van der Waals surface area (Å²) in [6, 6.07) is 3.15. The Morgan fingerprint density at radius 2 is 2.24 bits per heavy atom. The van der Waals surface area contributed by atoms with E-state index in [0.717, 1.165) is 16.2 Å². The van der Waals surface area contributed by atoms with Gasteiger partial charge in [-0.1, -0.05) is 0 Å². The topological polar surface area (TPSA) is 98.5 Å². The van der Waals surface area contributed by atoms with Gasteiger partial charge in [-0.05, 0) is 18.6 Å². The highest BCUT2D eigenvalue weighted by molar-refractivity contribution is 7.91. The van der Waals surface area contributed by atoms with E-state index in [1.54, 1.807) is 6.07 Å². The molecule has 0 aliphatic rings. The third kappa shape index (κ3) is 4.82. The van der Waals surface area contributed by atoms with Crippen LogP contribution in [0, 0.1) is 0 Å². The molecule has 0 aromatic carbocycles. The molecular weight excluding hydrogens is 264 g/mol. The number of methoxy groups -OCH3 is 1. The third-order valence-corrected chi connectivity index (χ3v) is 4.47. The zero-order chi connectivity index (χ0) is 12.9. The van der Waals surface area contributed by atoms with E-state index < -0.39 is 10.0 Å². The highest BCUT2D eigenvalue weighted by atomic mass is 32.2. The van der Waals surface area contributed by atoms with Crippen LogP contribution >= 0.6 is 11.3 Å². The Balaban J connectivity index is 2.43. The first-order valence-corrected chi connectivity index (χ1v) is 7.17. The minimum atomic E-state index is -3.62. The molecule has 1 aromatic heterocycles. The van der Waals surface area contributed by atoms with Crippen LogP contribution < -0.4 is 10.5 Å². The van der Waals surface area contributed by atoms with Gasteiger partial charge in [-0.3, -0.25) is 4.79 Å². The zero-order valence-electron chi connectivity index (χ0n) is 9.30. The summed E-state index contributed by atoms with van der Waals surface area (Å²) in [5.74, 6) is -0.198. The maximum Gasteiger partial charge on any atom is 0.247 e. The van der Waals surface area contributed by atoms with Crippen molar-refractivity contribution in [1.82, 2.24) is 5.32 Å². The van der Waals surface area contributed by atoms with Crippen molar-refractivity contribution in [3.63, 3.8) is 0 Å². The van der Waals surface area contributed by atoms with Crippen LogP contribution in [0.1, 0.15) is 4.88 Å². The summed E-state index contributed by atoms with van der Waals surface area (Å²) in [6.45, 7) is 0.458. The molecule has 0 saturated carbocycles. The average molecular weight is 278 g/mol. The van der Waals surface area contributed by atoms with Gasteiger partial charge < -0.3 is 10.1 Å². The number of nitrogens with two attached hydrogens (primary N) is 1. The SMILES string of the molecule is COCC(=O)NCCc1ccc(S(N)(=O)=O)s1. The lowest BCUT2D eigenvalue weighted by molar-refractivity contribution is -0.124. The number of hydrogen-bond donors (Lipinski definition) is 2. The van der Waals surface area contributed by atoms with Crippen LogP contribution in [0.4, 0.5) is 0 Å². The number of thiophene rings is 1. The molecule has 0 unspecified atom stereocenters. The van der Waals surface area contributed by atoms with E-state index in [1.807, 2.05) is 0 Å². The number of ether oxygens (including phenoxy) is 1. The van der Waals surface area contributed by atoms with Gasteiger partial charge in [0.25, 0.3) is 0 Å². The predicted octanol–water partition coefficient (Wildman–Crippen LogP) is -0.299. The molecule has 0 aliphatic carbocycles. The number of amides is 1. The van der Waals surface area contributed by atoms with Crippen LogP contribution in [-0.4, -0.2) is 34.6 Å². The van der Waals surface area contributed by atoms with Crippen molar-refractivity contribution >= 4 is 27.3 Å². The lowest BCUT2D eigenvalue weighted by Gasteiger charge is -2.02. The summed E-state index contributed by atoms with van der Waals surface area (Å²) in [7, 11) is -2.18. The Kier molecular flexibility index (Phi) is 5.06. The molecule has 0 saturated heterocycles. The van der Waals surface area contributed by atoms with E-state index in [1.165, 1.54) is 13.2 Å². The summed E-state index contributed by atoms with van der Waals surface area (Å²) >= 11 is 1.11. The maximum absolute atomic E-state index is 11.0. The van der Waals surface area contributed by atoms with Crippen molar-refractivity contribution in [3.05, 3.63) is 17.0 Å². The Morgan fingerprint density at radius 3 is 2.76 bits per heavy atom. The van der Waals surface area contributed by atoms with Crippen molar-refractivity contribution < 1.29 is 17.9 Å². The quantitative estimate of drug-likeness (QED) is 0.746. The smallest absolute Gasteiger partial charge is 0.247 e. The first-order chi connectivity index (χ1) is 7.93. The van der Waals surface area contributed by atoms with Gasteiger partial charge in [0.2, 0.25) is 15.9 Å². The van der Waals surface area contributed by atoms with E-state index in [-0.39, 0.29) is 16.7 Å². The van der Waals surface area contributed by atoms with E-state index >= 15 is 0 Å². The van der Waals surface area contributed by atoms with Crippen LogP contribution in [0.5, 0.6) is 0 Å². The summed E-state index contributed by atoms with van der Waals surface area (Å²) in [6.07, 6.45) is 0.565. The van der Waals surface area contributed by atoms with Crippen LogP contribution in [0.2, 0.25) is 0 Å². The van der Waals surface area contributed by atoms with Gasteiger partial charge in [0.05, 0.1) is 0 Å². The first kappa shape index (κ1) is 14.1. The molecule has 1 amide bonds. The maximum atomic E-state index is 11.0. The van der Waals surface area contributed by atoms with Crippen molar-refractivity contribution in [1.29, 1.82) is 0 Å². The minimum Gasteiger partial charge on any atom is -0.375 e. The third-order valence-electron chi connectivity index (χ3n) is 1.89. The summed E-state index contributed by atoms with van der Waals surface area (Å²) < 4.78 is 26.8. The molecular formula is C9H14N2O4S2.